The largest absolute Gasteiger partial charge is 0.416 e. The maximum Gasteiger partial charge on any atom is 0.416 e. The van der Waals surface area contributed by atoms with Crippen molar-refractivity contribution >= 4 is 32.6 Å². The fourth-order valence-electron chi connectivity index (χ4n) is 1.73. The van der Waals surface area contributed by atoms with Crippen LogP contribution in [0.25, 0.3) is 0 Å². The van der Waals surface area contributed by atoms with E-state index in [0.29, 0.717) is 0 Å². The van der Waals surface area contributed by atoms with E-state index in [9.17, 15) is 21.6 Å². The number of benzene rings is 2. The van der Waals surface area contributed by atoms with Gasteiger partial charge < -0.3 is 0 Å². The van der Waals surface area contributed by atoms with Gasteiger partial charge in [0.2, 0.25) is 10.0 Å². The quantitative estimate of drug-likeness (QED) is 0.735. The first-order valence-corrected chi connectivity index (χ1v) is 8.66. The van der Waals surface area contributed by atoms with Gasteiger partial charge in [0.15, 0.2) is 0 Å². The van der Waals surface area contributed by atoms with Gasteiger partial charge >= 0.3 is 6.18 Å². The van der Waals surface area contributed by atoms with Crippen LogP contribution < -0.4 is 4.72 Å². The second-order valence-electron chi connectivity index (χ2n) is 4.48. The number of rotatable bonds is 4. The van der Waals surface area contributed by atoms with Crippen molar-refractivity contribution in [1.82, 2.24) is 4.72 Å². The molecule has 0 saturated carbocycles. The molecule has 22 heavy (non-hydrogen) atoms. The summed E-state index contributed by atoms with van der Waals surface area (Å²) < 4.78 is 65.1. The Hall–Kier alpha value is -1.13. The predicted molar refractivity (Wildman–Crippen MR) is 84.6 cm³/mol. The van der Waals surface area contributed by atoms with Crippen LogP contribution >= 0.6 is 22.6 Å². The first kappa shape index (κ1) is 17.2. The summed E-state index contributed by atoms with van der Waals surface area (Å²) in [5, 5.41) is 0. The van der Waals surface area contributed by atoms with Crippen LogP contribution in [0, 0.1) is 3.57 Å². The lowest BCUT2D eigenvalue weighted by Gasteiger charge is -2.10. The molecule has 3 nitrogen and oxygen atoms in total. The monoisotopic (exact) mass is 441 g/mol. The van der Waals surface area contributed by atoms with Crippen LogP contribution in [0.4, 0.5) is 13.2 Å². The lowest BCUT2D eigenvalue weighted by Crippen LogP contribution is -2.23. The van der Waals surface area contributed by atoms with Crippen LogP contribution in [-0.2, 0) is 22.7 Å². The molecule has 0 bridgehead atoms. The van der Waals surface area contributed by atoms with Crippen LogP contribution in [0.2, 0.25) is 0 Å². The molecule has 0 saturated heterocycles. The molecule has 0 heterocycles. The molecule has 2 aromatic carbocycles. The van der Waals surface area contributed by atoms with Crippen molar-refractivity contribution in [3.63, 3.8) is 0 Å². The maximum absolute atomic E-state index is 12.6. The highest BCUT2D eigenvalue weighted by Crippen LogP contribution is 2.29. The van der Waals surface area contributed by atoms with Crippen LogP contribution in [0.1, 0.15) is 11.1 Å². The molecule has 0 radical (unpaired) electrons. The second-order valence-corrected chi connectivity index (χ2v) is 7.49. The molecule has 0 amide bonds. The van der Waals surface area contributed by atoms with Gasteiger partial charge in [0.1, 0.15) is 0 Å². The number of sulfonamides is 1. The highest BCUT2D eigenvalue weighted by molar-refractivity contribution is 14.1. The SMILES string of the molecule is O=S(=O)(NCc1cccc(C(F)(F)F)c1)c1ccc(I)cc1. The summed E-state index contributed by atoms with van der Waals surface area (Å²) in [7, 11) is -3.76. The van der Waals surface area contributed by atoms with Gasteiger partial charge in [-0.1, -0.05) is 18.2 Å². The fraction of sp³-hybridized carbons (Fsp3) is 0.143. The van der Waals surface area contributed by atoms with Crippen molar-refractivity contribution in [2.24, 2.45) is 0 Å². The minimum absolute atomic E-state index is 0.0693. The minimum Gasteiger partial charge on any atom is -0.207 e. The molecule has 0 atom stereocenters. The van der Waals surface area contributed by atoms with Gasteiger partial charge in [-0.15, -0.1) is 0 Å². The average Bonchev–Trinajstić information content (AvgIpc) is 2.45. The summed E-state index contributed by atoms with van der Waals surface area (Å²) in [4.78, 5) is 0.0693. The second kappa shape index (κ2) is 6.55. The number of hydrogen-bond acceptors (Lipinski definition) is 2. The molecule has 0 unspecified atom stereocenters. The van der Waals surface area contributed by atoms with E-state index in [4.69, 9.17) is 0 Å². The van der Waals surface area contributed by atoms with Crippen molar-refractivity contribution in [1.29, 1.82) is 0 Å². The van der Waals surface area contributed by atoms with E-state index in [-0.39, 0.29) is 17.0 Å². The van der Waals surface area contributed by atoms with Gasteiger partial charge in [0.05, 0.1) is 10.5 Å². The standard InChI is InChI=1S/C14H11F3INO2S/c15-14(16,17)11-3-1-2-10(8-11)9-19-22(20,21)13-6-4-12(18)5-7-13/h1-8,19H,9H2. The summed E-state index contributed by atoms with van der Waals surface area (Å²) in [6.45, 7) is -0.210. The third-order valence-electron chi connectivity index (χ3n) is 2.84. The molecule has 118 valence electrons. The molecule has 1 N–H and O–H groups in total. The molecule has 0 spiro atoms. The maximum atomic E-state index is 12.6. The summed E-state index contributed by atoms with van der Waals surface area (Å²) in [5.74, 6) is 0. The zero-order valence-electron chi connectivity index (χ0n) is 11.1. The first-order chi connectivity index (χ1) is 10.2. The van der Waals surface area contributed by atoms with Crippen LogP contribution in [0.15, 0.2) is 53.4 Å². The number of nitrogens with one attached hydrogen (secondary N) is 1. The zero-order valence-corrected chi connectivity index (χ0v) is 14.0. The molecule has 2 rings (SSSR count). The molecule has 8 heteroatoms. The van der Waals surface area contributed by atoms with Crippen molar-refractivity contribution in [3.8, 4) is 0 Å². The lowest BCUT2D eigenvalue weighted by atomic mass is 10.1. The molecule has 2 aromatic rings. The van der Waals surface area contributed by atoms with Crippen LogP contribution in [0.5, 0.6) is 0 Å². The van der Waals surface area contributed by atoms with Crippen molar-refractivity contribution in [2.45, 2.75) is 17.6 Å². The molecule has 0 aliphatic rings. The number of halogens is 4. The number of hydrogen-bond donors (Lipinski definition) is 1. The summed E-state index contributed by atoms with van der Waals surface area (Å²) >= 11 is 2.04. The molecule has 0 aromatic heterocycles. The third kappa shape index (κ3) is 4.43. The lowest BCUT2D eigenvalue weighted by molar-refractivity contribution is -0.137. The average molecular weight is 441 g/mol. The predicted octanol–water partition coefficient (Wildman–Crippen LogP) is 3.79. The van der Waals surface area contributed by atoms with Gasteiger partial charge in [0, 0.05) is 10.1 Å². The molecule has 0 aliphatic carbocycles. The van der Waals surface area contributed by atoms with E-state index in [2.05, 4.69) is 4.72 Å². The Morgan fingerprint density at radius 1 is 1.05 bits per heavy atom. The molecule has 0 aliphatic heterocycles. The van der Waals surface area contributed by atoms with Crippen molar-refractivity contribution in [2.75, 3.05) is 0 Å². The Morgan fingerprint density at radius 2 is 1.68 bits per heavy atom. The summed E-state index contributed by atoms with van der Waals surface area (Å²) in [5.41, 5.74) is -0.567. The van der Waals surface area contributed by atoms with E-state index in [1.54, 1.807) is 12.1 Å². The highest BCUT2D eigenvalue weighted by Gasteiger charge is 2.30. The van der Waals surface area contributed by atoms with E-state index >= 15 is 0 Å². The zero-order chi connectivity index (χ0) is 16.4. The Bertz CT molecular complexity index is 758. The Morgan fingerprint density at radius 3 is 2.27 bits per heavy atom. The molecular weight excluding hydrogens is 430 g/mol. The van der Waals surface area contributed by atoms with Gasteiger partial charge in [-0.25, -0.2) is 13.1 Å². The normalized spacial score (nSPS) is 12.4. The molecular formula is C14H11F3INO2S. The van der Waals surface area contributed by atoms with Crippen molar-refractivity contribution < 1.29 is 21.6 Å². The molecule has 0 fully saturated rings. The van der Waals surface area contributed by atoms with Gasteiger partial charge in [0.25, 0.3) is 0 Å². The summed E-state index contributed by atoms with van der Waals surface area (Å²) in [6.07, 6.45) is -4.45. The highest BCUT2D eigenvalue weighted by atomic mass is 127. The smallest absolute Gasteiger partial charge is 0.207 e. The topological polar surface area (TPSA) is 46.2 Å². The Kier molecular flexibility index (Phi) is 5.13. The first-order valence-electron chi connectivity index (χ1n) is 6.10. The van der Waals surface area contributed by atoms with E-state index in [1.807, 2.05) is 22.6 Å². The summed E-state index contributed by atoms with van der Waals surface area (Å²) in [6, 6.07) is 10.7. The minimum atomic E-state index is -4.45. The van der Waals surface area contributed by atoms with Gasteiger partial charge in [-0.3, -0.25) is 0 Å². The van der Waals surface area contributed by atoms with Crippen molar-refractivity contribution in [3.05, 3.63) is 63.2 Å². The fourth-order valence-corrected chi connectivity index (χ4v) is 3.11. The van der Waals surface area contributed by atoms with E-state index in [0.717, 1.165) is 15.7 Å². The number of alkyl halides is 3. The van der Waals surface area contributed by atoms with Crippen LogP contribution in [0.3, 0.4) is 0 Å². The van der Waals surface area contributed by atoms with Gasteiger partial charge in [-0.05, 0) is 58.5 Å². The van der Waals surface area contributed by atoms with Gasteiger partial charge in [-0.2, -0.15) is 13.2 Å². The van der Waals surface area contributed by atoms with E-state index in [1.165, 1.54) is 24.3 Å². The van der Waals surface area contributed by atoms with Crippen LogP contribution in [-0.4, -0.2) is 8.42 Å². The Labute approximate surface area is 139 Å². The Balaban J connectivity index is 2.14. The third-order valence-corrected chi connectivity index (χ3v) is 4.98. The van der Waals surface area contributed by atoms with E-state index < -0.39 is 21.8 Å².